The van der Waals surface area contributed by atoms with Crippen LogP contribution in [0, 0.1) is 10.1 Å². The highest BCUT2D eigenvalue weighted by atomic mass is 35.5. The summed E-state index contributed by atoms with van der Waals surface area (Å²) < 4.78 is 2.79. The molecule has 0 aliphatic heterocycles. The van der Waals surface area contributed by atoms with E-state index in [1.807, 2.05) is 10.8 Å². The Labute approximate surface area is 180 Å². The summed E-state index contributed by atoms with van der Waals surface area (Å²) in [6, 6.07) is 11.1. The Morgan fingerprint density at radius 3 is 2.90 bits per heavy atom. The van der Waals surface area contributed by atoms with E-state index >= 15 is 0 Å². The van der Waals surface area contributed by atoms with E-state index < -0.39 is 4.92 Å². The minimum atomic E-state index is -0.514. The zero-order valence-corrected chi connectivity index (χ0v) is 17.2. The van der Waals surface area contributed by atoms with Crippen molar-refractivity contribution in [3.63, 3.8) is 0 Å². The number of nitrogens with zero attached hydrogens (tertiary/aromatic N) is 5. The average Bonchev–Trinajstić information content (AvgIpc) is 3.40. The summed E-state index contributed by atoms with van der Waals surface area (Å²) in [5.74, 6) is -0.338. The summed E-state index contributed by atoms with van der Waals surface area (Å²) in [5.41, 5.74) is 0.852. The van der Waals surface area contributed by atoms with Crippen LogP contribution >= 0.6 is 22.9 Å². The van der Waals surface area contributed by atoms with Gasteiger partial charge in [0.15, 0.2) is 5.13 Å². The van der Waals surface area contributed by atoms with E-state index in [0.717, 1.165) is 10.2 Å². The first-order valence-electron chi connectivity index (χ1n) is 9.09. The lowest BCUT2D eigenvalue weighted by molar-refractivity contribution is -0.384. The molecule has 2 aromatic carbocycles. The molecule has 152 valence electrons. The largest absolute Gasteiger partial charge is 0.337 e. The fraction of sp³-hybridized carbons (Fsp3) is 0.150. The van der Waals surface area contributed by atoms with E-state index in [0.29, 0.717) is 29.7 Å². The Bertz CT molecular complexity index is 1210. The minimum Gasteiger partial charge on any atom is -0.337 e. The summed E-state index contributed by atoms with van der Waals surface area (Å²) in [6.45, 7) is 1.07. The van der Waals surface area contributed by atoms with Crippen LogP contribution in [0.2, 0.25) is 5.02 Å². The Morgan fingerprint density at radius 1 is 1.27 bits per heavy atom. The third-order valence-electron chi connectivity index (χ3n) is 4.48. The van der Waals surface area contributed by atoms with Gasteiger partial charge < -0.3 is 4.57 Å². The molecule has 4 aromatic rings. The molecule has 0 bridgehead atoms. The van der Waals surface area contributed by atoms with Crippen LogP contribution in [0.1, 0.15) is 16.8 Å². The normalized spacial score (nSPS) is 11.0. The number of fused-ring (bicyclic) bond motifs is 1. The highest BCUT2D eigenvalue weighted by Gasteiger charge is 2.22. The molecule has 8 nitrogen and oxygen atoms in total. The van der Waals surface area contributed by atoms with Crippen LogP contribution in [0.4, 0.5) is 10.8 Å². The van der Waals surface area contributed by atoms with Crippen molar-refractivity contribution in [2.24, 2.45) is 0 Å². The van der Waals surface area contributed by atoms with Gasteiger partial charge in [-0.1, -0.05) is 29.0 Å². The standard InChI is InChI=1S/C20H16ClN5O3S/c21-15-5-6-17-18(12-15)30-20(23-17)25(9-2-8-24-10-7-22-13-24)19(27)14-3-1-4-16(11-14)26(28)29/h1,3-7,10-13H,2,8-9H2. The van der Waals surface area contributed by atoms with Crippen molar-refractivity contribution in [2.45, 2.75) is 13.0 Å². The Balaban J connectivity index is 1.65. The summed E-state index contributed by atoms with van der Waals surface area (Å²) in [4.78, 5) is 34.1. The van der Waals surface area contributed by atoms with Crippen molar-refractivity contribution < 1.29 is 9.72 Å². The highest BCUT2D eigenvalue weighted by Crippen LogP contribution is 2.32. The van der Waals surface area contributed by atoms with Crippen LogP contribution in [-0.2, 0) is 6.54 Å². The van der Waals surface area contributed by atoms with Crippen LogP contribution in [0.3, 0.4) is 0 Å². The number of hydrogen-bond donors (Lipinski definition) is 0. The molecule has 0 aliphatic rings. The number of nitro groups is 1. The molecule has 4 rings (SSSR count). The number of hydrogen-bond acceptors (Lipinski definition) is 6. The number of rotatable bonds is 7. The maximum atomic E-state index is 13.3. The lowest BCUT2D eigenvalue weighted by Gasteiger charge is -2.20. The van der Waals surface area contributed by atoms with Crippen molar-refractivity contribution in [3.8, 4) is 0 Å². The van der Waals surface area contributed by atoms with Gasteiger partial charge in [0.2, 0.25) is 0 Å². The molecule has 0 saturated carbocycles. The fourth-order valence-electron chi connectivity index (χ4n) is 3.02. The van der Waals surface area contributed by atoms with Crippen LogP contribution in [-0.4, -0.2) is 31.9 Å². The number of amides is 1. The first kappa shape index (κ1) is 20.0. The zero-order chi connectivity index (χ0) is 21.1. The van der Waals surface area contributed by atoms with Gasteiger partial charge >= 0.3 is 0 Å². The highest BCUT2D eigenvalue weighted by molar-refractivity contribution is 7.22. The summed E-state index contributed by atoms with van der Waals surface area (Å²) in [6.07, 6.45) is 5.93. The van der Waals surface area contributed by atoms with Gasteiger partial charge in [0.05, 0.1) is 21.5 Å². The first-order valence-corrected chi connectivity index (χ1v) is 10.3. The van der Waals surface area contributed by atoms with Crippen LogP contribution < -0.4 is 4.90 Å². The summed E-state index contributed by atoms with van der Waals surface area (Å²) >= 11 is 7.44. The molecule has 0 fully saturated rings. The summed E-state index contributed by atoms with van der Waals surface area (Å²) in [7, 11) is 0. The molecule has 0 saturated heterocycles. The average molecular weight is 442 g/mol. The second-order valence-electron chi connectivity index (χ2n) is 6.53. The van der Waals surface area contributed by atoms with Crippen molar-refractivity contribution in [1.29, 1.82) is 0 Å². The van der Waals surface area contributed by atoms with Crippen molar-refractivity contribution >= 4 is 49.9 Å². The van der Waals surface area contributed by atoms with Crippen LogP contribution in [0.5, 0.6) is 0 Å². The predicted octanol–water partition coefficient (Wildman–Crippen LogP) is 4.79. The van der Waals surface area contributed by atoms with E-state index in [9.17, 15) is 14.9 Å². The van der Waals surface area contributed by atoms with Crippen LogP contribution in [0.25, 0.3) is 10.2 Å². The zero-order valence-electron chi connectivity index (χ0n) is 15.6. The molecule has 30 heavy (non-hydrogen) atoms. The maximum absolute atomic E-state index is 13.3. The third kappa shape index (κ3) is 4.32. The number of carbonyl (C=O) groups is 1. The smallest absolute Gasteiger partial charge is 0.270 e. The first-order chi connectivity index (χ1) is 14.5. The van der Waals surface area contributed by atoms with Gasteiger partial charge in [0.1, 0.15) is 0 Å². The maximum Gasteiger partial charge on any atom is 0.270 e. The topological polar surface area (TPSA) is 94.2 Å². The number of benzene rings is 2. The SMILES string of the molecule is O=C(c1cccc([N+](=O)[O-])c1)N(CCCn1ccnc1)c1nc2ccc(Cl)cc2s1. The molecule has 0 spiro atoms. The number of imidazole rings is 1. The molecule has 0 atom stereocenters. The second kappa shape index (κ2) is 8.60. The minimum absolute atomic E-state index is 0.129. The van der Waals surface area contributed by atoms with Gasteiger partial charge in [0, 0.05) is 48.2 Å². The fourth-order valence-corrected chi connectivity index (χ4v) is 4.29. The van der Waals surface area contributed by atoms with E-state index in [4.69, 9.17) is 11.6 Å². The summed E-state index contributed by atoms with van der Waals surface area (Å²) in [5, 5.41) is 12.2. The number of halogens is 1. The van der Waals surface area contributed by atoms with Gasteiger partial charge in [-0.05, 0) is 30.7 Å². The van der Waals surface area contributed by atoms with Crippen LogP contribution in [0.15, 0.2) is 61.2 Å². The third-order valence-corrected chi connectivity index (χ3v) is 5.75. The monoisotopic (exact) mass is 441 g/mol. The number of carbonyl (C=O) groups excluding carboxylic acids is 1. The number of thiazole rings is 1. The molecule has 2 aromatic heterocycles. The number of anilines is 1. The predicted molar refractivity (Wildman–Crippen MR) is 116 cm³/mol. The molecule has 0 unspecified atom stereocenters. The van der Waals surface area contributed by atoms with Gasteiger partial charge in [0.25, 0.3) is 11.6 Å². The van der Waals surface area contributed by atoms with Gasteiger partial charge in [-0.15, -0.1) is 0 Å². The molecule has 0 N–H and O–H groups in total. The van der Waals surface area contributed by atoms with E-state index in [1.54, 1.807) is 41.7 Å². The number of aryl methyl sites for hydroxylation is 1. The Morgan fingerprint density at radius 2 is 2.13 bits per heavy atom. The quantitative estimate of drug-likeness (QED) is 0.303. The van der Waals surface area contributed by atoms with Gasteiger partial charge in [-0.25, -0.2) is 9.97 Å². The number of aromatic nitrogens is 3. The molecular weight excluding hydrogens is 426 g/mol. The van der Waals surface area contributed by atoms with E-state index in [-0.39, 0.29) is 17.2 Å². The van der Waals surface area contributed by atoms with Gasteiger partial charge in [-0.3, -0.25) is 19.8 Å². The van der Waals surface area contributed by atoms with Crippen molar-refractivity contribution in [3.05, 3.63) is 81.9 Å². The molecule has 1 amide bonds. The lowest BCUT2D eigenvalue weighted by atomic mass is 10.1. The van der Waals surface area contributed by atoms with Crippen molar-refractivity contribution in [2.75, 3.05) is 11.4 Å². The molecule has 0 radical (unpaired) electrons. The number of nitro benzene ring substituents is 1. The molecular formula is C20H16ClN5O3S. The second-order valence-corrected chi connectivity index (χ2v) is 7.97. The van der Waals surface area contributed by atoms with E-state index in [1.165, 1.54) is 29.5 Å². The Kier molecular flexibility index (Phi) is 5.73. The number of non-ortho nitro benzene ring substituents is 1. The lowest BCUT2D eigenvalue weighted by Crippen LogP contribution is -2.32. The molecule has 2 heterocycles. The van der Waals surface area contributed by atoms with E-state index in [2.05, 4.69) is 9.97 Å². The van der Waals surface area contributed by atoms with Crippen molar-refractivity contribution in [1.82, 2.24) is 14.5 Å². The molecule has 10 heteroatoms. The van der Waals surface area contributed by atoms with Gasteiger partial charge in [-0.2, -0.15) is 0 Å². The Hall–Kier alpha value is -3.30. The molecule has 0 aliphatic carbocycles.